The lowest BCUT2D eigenvalue weighted by atomic mass is 10.1. The fraction of sp³-hybridized carbons (Fsp3) is 0.286. The lowest BCUT2D eigenvalue weighted by Gasteiger charge is -2.14. The largest absolute Gasteiger partial charge is 0.497 e. The number of carboxylic acids is 2. The highest BCUT2D eigenvalue weighted by Crippen LogP contribution is 2.29. The molecule has 0 amide bonds. The van der Waals surface area contributed by atoms with Crippen LogP contribution in [0.25, 0.3) is 11.3 Å². The predicted octanol–water partition coefficient (Wildman–Crippen LogP) is 1.69. The summed E-state index contributed by atoms with van der Waals surface area (Å²) in [5, 5.41) is 25.9. The Bertz CT molecular complexity index is 710. The highest BCUT2D eigenvalue weighted by molar-refractivity contribution is 5.93. The maximum absolute atomic E-state index is 11.4. The molecule has 0 radical (unpaired) electrons. The number of aliphatic carboxylic acids is 1. The van der Waals surface area contributed by atoms with E-state index in [-0.39, 0.29) is 17.8 Å². The van der Waals surface area contributed by atoms with E-state index in [9.17, 15) is 19.8 Å². The van der Waals surface area contributed by atoms with Gasteiger partial charge < -0.3 is 14.9 Å². The average Bonchev–Trinajstić information content (AvgIpc) is 2.92. The molecule has 2 N–H and O–H groups in total. The van der Waals surface area contributed by atoms with E-state index in [1.54, 1.807) is 31.2 Å². The number of nitrogens with zero attached hydrogens (tertiary/aromatic N) is 3. The number of methoxy groups -OCH3 is 1. The normalized spacial score (nSPS) is 11.9. The van der Waals surface area contributed by atoms with Gasteiger partial charge in [0.15, 0.2) is 11.7 Å². The summed E-state index contributed by atoms with van der Waals surface area (Å²) in [6, 6.07) is 5.64. The van der Waals surface area contributed by atoms with Crippen molar-refractivity contribution in [2.45, 2.75) is 19.4 Å². The van der Waals surface area contributed by atoms with E-state index in [0.717, 1.165) is 4.68 Å². The first-order valence-electron chi connectivity index (χ1n) is 6.55. The van der Waals surface area contributed by atoms with Crippen LogP contribution in [0.4, 0.5) is 0 Å². The maximum Gasteiger partial charge on any atom is 0.358 e. The summed E-state index contributed by atoms with van der Waals surface area (Å²) in [5.41, 5.74) is 0.315. The second-order valence-corrected chi connectivity index (χ2v) is 4.53. The van der Waals surface area contributed by atoms with E-state index < -0.39 is 18.0 Å². The van der Waals surface area contributed by atoms with Gasteiger partial charge in [0.25, 0.3) is 0 Å². The number of carbonyl (C=O) groups is 2. The highest BCUT2D eigenvalue weighted by Gasteiger charge is 2.28. The Morgan fingerprint density at radius 1 is 1.36 bits per heavy atom. The van der Waals surface area contributed by atoms with Crippen molar-refractivity contribution in [3.63, 3.8) is 0 Å². The van der Waals surface area contributed by atoms with E-state index in [0.29, 0.717) is 11.3 Å². The molecule has 0 saturated heterocycles. The molecule has 0 aliphatic carbocycles. The van der Waals surface area contributed by atoms with Gasteiger partial charge in [-0.2, -0.15) is 0 Å². The van der Waals surface area contributed by atoms with Crippen LogP contribution in [0.1, 0.15) is 29.9 Å². The summed E-state index contributed by atoms with van der Waals surface area (Å²) in [6.07, 6.45) is 0.245. The van der Waals surface area contributed by atoms with Crippen LogP contribution in [-0.2, 0) is 4.79 Å². The third-order valence-electron chi connectivity index (χ3n) is 3.21. The SMILES string of the molecule is CCC(C(=O)O)n1nnc(C(=O)O)c1-c1cccc(OC)c1. The third kappa shape index (κ3) is 2.76. The van der Waals surface area contributed by atoms with Crippen LogP contribution in [-0.4, -0.2) is 44.3 Å². The Morgan fingerprint density at radius 2 is 2.09 bits per heavy atom. The number of aromatic nitrogens is 3. The van der Waals surface area contributed by atoms with Crippen molar-refractivity contribution in [3.05, 3.63) is 30.0 Å². The second-order valence-electron chi connectivity index (χ2n) is 4.53. The Kier molecular flexibility index (Phi) is 4.40. The summed E-state index contributed by atoms with van der Waals surface area (Å²) in [7, 11) is 1.48. The summed E-state index contributed by atoms with van der Waals surface area (Å²) in [5.74, 6) is -1.86. The van der Waals surface area contributed by atoms with Crippen LogP contribution in [0.5, 0.6) is 5.75 Å². The van der Waals surface area contributed by atoms with Gasteiger partial charge >= 0.3 is 11.9 Å². The third-order valence-corrected chi connectivity index (χ3v) is 3.21. The van der Waals surface area contributed by atoms with Crippen LogP contribution in [0.2, 0.25) is 0 Å². The second kappa shape index (κ2) is 6.25. The van der Waals surface area contributed by atoms with Crippen LogP contribution in [0.15, 0.2) is 24.3 Å². The Labute approximate surface area is 125 Å². The van der Waals surface area contributed by atoms with Gasteiger partial charge in [0, 0.05) is 5.56 Å². The minimum Gasteiger partial charge on any atom is -0.497 e. The molecule has 1 aromatic heterocycles. The number of rotatable bonds is 6. The summed E-state index contributed by atoms with van der Waals surface area (Å²) in [4.78, 5) is 22.7. The molecule has 8 nitrogen and oxygen atoms in total. The number of hydrogen-bond acceptors (Lipinski definition) is 5. The smallest absolute Gasteiger partial charge is 0.358 e. The summed E-state index contributed by atoms with van der Waals surface area (Å²) in [6.45, 7) is 1.68. The van der Waals surface area contributed by atoms with Crippen molar-refractivity contribution in [2.75, 3.05) is 7.11 Å². The van der Waals surface area contributed by atoms with Crippen LogP contribution < -0.4 is 4.74 Å². The van der Waals surface area contributed by atoms with Gasteiger partial charge in [-0.05, 0) is 18.6 Å². The van der Waals surface area contributed by atoms with E-state index in [1.807, 2.05) is 0 Å². The molecule has 116 valence electrons. The highest BCUT2D eigenvalue weighted by atomic mass is 16.5. The number of ether oxygens (including phenoxy) is 1. The molecule has 2 rings (SSSR count). The maximum atomic E-state index is 11.4. The van der Waals surface area contributed by atoms with Crippen LogP contribution in [0.3, 0.4) is 0 Å². The van der Waals surface area contributed by atoms with Crippen LogP contribution >= 0.6 is 0 Å². The monoisotopic (exact) mass is 305 g/mol. The van der Waals surface area contributed by atoms with Gasteiger partial charge in [0.2, 0.25) is 0 Å². The lowest BCUT2D eigenvalue weighted by molar-refractivity contribution is -0.141. The zero-order valence-corrected chi connectivity index (χ0v) is 12.1. The fourth-order valence-electron chi connectivity index (χ4n) is 2.15. The molecule has 22 heavy (non-hydrogen) atoms. The molecule has 0 fully saturated rings. The summed E-state index contributed by atoms with van der Waals surface area (Å²) >= 11 is 0. The van der Waals surface area contributed by atoms with Crippen molar-refractivity contribution < 1.29 is 24.5 Å². The van der Waals surface area contributed by atoms with Crippen molar-refractivity contribution >= 4 is 11.9 Å². The topological polar surface area (TPSA) is 115 Å². The molecule has 2 aromatic rings. The molecule has 0 saturated carbocycles. The minimum atomic E-state index is -1.27. The predicted molar refractivity (Wildman–Crippen MR) is 75.9 cm³/mol. The van der Waals surface area contributed by atoms with E-state index in [4.69, 9.17) is 4.74 Å². The van der Waals surface area contributed by atoms with Gasteiger partial charge in [-0.1, -0.05) is 24.3 Å². The molecule has 0 bridgehead atoms. The molecule has 8 heteroatoms. The van der Waals surface area contributed by atoms with Gasteiger partial charge in [-0.3, -0.25) is 0 Å². The van der Waals surface area contributed by atoms with E-state index >= 15 is 0 Å². The fourth-order valence-corrected chi connectivity index (χ4v) is 2.15. The number of aromatic carboxylic acids is 1. The van der Waals surface area contributed by atoms with Gasteiger partial charge in [-0.15, -0.1) is 5.10 Å². The molecular weight excluding hydrogens is 290 g/mol. The molecule has 1 atom stereocenters. The average molecular weight is 305 g/mol. The standard InChI is InChI=1S/C14H15N3O5/c1-3-10(13(18)19)17-12(11(14(20)21)15-16-17)8-5-4-6-9(7-8)22-2/h4-7,10H,3H2,1-2H3,(H,18,19)(H,20,21). The molecule has 0 spiro atoms. The molecule has 1 aromatic carbocycles. The molecule has 1 heterocycles. The first kappa shape index (κ1) is 15.5. The Hall–Kier alpha value is -2.90. The first-order valence-corrected chi connectivity index (χ1v) is 6.55. The zero-order chi connectivity index (χ0) is 16.3. The van der Waals surface area contributed by atoms with Gasteiger partial charge in [0.05, 0.1) is 7.11 Å². The minimum absolute atomic E-state index is 0.139. The summed E-state index contributed by atoms with van der Waals surface area (Å²) < 4.78 is 6.24. The van der Waals surface area contributed by atoms with Crippen LogP contribution in [0, 0.1) is 0 Å². The van der Waals surface area contributed by atoms with E-state index in [1.165, 1.54) is 7.11 Å². The molecule has 0 aliphatic heterocycles. The van der Waals surface area contributed by atoms with E-state index in [2.05, 4.69) is 10.3 Å². The lowest BCUT2D eigenvalue weighted by Crippen LogP contribution is -2.20. The first-order chi connectivity index (χ1) is 10.5. The molecule has 1 unspecified atom stereocenters. The van der Waals surface area contributed by atoms with Crippen molar-refractivity contribution in [3.8, 4) is 17.0 Å². The zero-order valence-electron chi connectivity index (χ0n) is 12.1. The number of benzene rings is 1. The van der Waals surface area contributed by atoms with Crippen molar-refractivity contribution in [2.24, 2.45) is 0 Å². The van der Waals surface area contributed by atoms with Crippen molar-refractivity contribution in [1.82, 2.24) is 15.0 Å². The Balaban J connectivity index is 2.67. The molecular formula is C14H15N3O5. The van der Waals surface area contributed by atoms with Crippen molar-refractivity contribution in [1.29, 1.82) is 0 Å². The number of carboxylic acid groups (broad SMARTS) is 2. The number of hydrogen-bond donors (Lipinski definition) is 2. The Morgan fingerprint density at radius 3 is 2.64 bits per heavy atom. The van der Waals surface area contributed by atoms with Gasteiger partial charge in [-0.25, -0.2) is 14.3 Å². The molecule has 0 aliphatic rings. The quantitative estimate of drug-likeness (QED) is 0.834. The van der Waals surface area contributed by atoms with Gasteiger partial charge in [0.1, 0.15) is 11.4 Å².